The molecule has 0 spiro atoms. The number of hydrogen-bond donors (Lipinski definition) is 3. The first-order valence-electron chi connectivity index (χ1n) is 10.5. The van der Waals surface area contributed by atoms with Crippen LogP contribution in [0.5, 0.6) is 0 Å². The van der Waals surface area contributed by atoms with Crippen LogP contribution in [0, 0.1) is 11.8 Å². The van der Waals surface area contributed by atoms with Crippen molar-refractivity contribution in [1.82, 2.24) is 0 Å². The van der Waals surface area contributed by atoms with E-state index in [0.717, 1.165) is 38.5 Å². The summed E-state index contributed by atoms with van der Waals surface area (Å²) in [5.41, 5.74) is 0. The Kier molecular flexibility index (Phi) is 12.1. The van der Waals surface area contributed by atoms with Crippen molar-refractivity contribution in [2.45, 2.75) is 103 Å². The Hall–Kier alpha value is -0.640. The molecule has 0 bridgehead atoms. The van der Waals surface area contributed by atoms with Gasteiger partial charge in [-0.3, -0.25) is 0 Å². The van der Waals surface area contributed by atoms with Crippen LogP contribution >= 0.6 is 0 Å². The van der Waals surface area contributed by atoms with E-state index in [2.05, 4.69) is 26.0 Å². The molecule has 5 atom stereocenters. The molecule has 0 heterocycles. The third-order valence-electron chi connectivity index (χ3n) is 5.37. The SMILES string of the molecule is CCCCCCC=CC[C@H]1C(O)CC(O)[C@@H]1C=CC(O)CCCCC. The molecule has 0 amide bonds. The first-order chi connectivity index (χ1) is 12.1. The molecule has 25 heavy (non-hydrogen) atoms. The fourth-order valence-electron chi connectivity index (χ4n) is 3.72. The average molecular weight is 353 g/mol. The highest BCUT2D eigenvalue weighted by atomic mass is 16.3. The van der Waals surface area contributed by atoms with Crippen LogP contribution in [-0.4, -0.2) is 33.6 Å². The Morgan fingerprint density at radius 2 is 1.64 bits per heavy atom. The van der Waals surface area contributed by atoms with Gasteiger partial charge in [0.2, 0.25) is 0 Å². The maximum absolute atomic E-state index is 10.3. The third kappa shape index (κ3) is 9.03. The molecular weight excluding hydrogens is 312 g/mol. The molecule has 3 N–H and O–H groups in total. The largest absolute Gasteiger partial charge is 0.393 e. The van der Waals surface area contributed by atoms with Crippen molar-refractivity contribution in [3.63, 3.8) is 0 Å². The fraction of sp³-hybridized carbons (Fsp3) is 0.818. The van der Waals surface area contributed by atoms with Crippen molar-refractivity contribution >= 4 is 0 Å². The van der Waals surface area contributed by atoms with Crippen molar-refractivity contribution in [2.24, 2.45) is 11.8 Å². The number of allylic oxidation sites excluding steroid dienone is 2. The van der Waals surface area contributed by atoms with Crippen LogP contribution in [0.15, 0.2) is 24.3 Å². The minimum atomic E-state index is -0.503. The Bertz CT molecular complexity index is 377. The molecule has 1 fully saturated rings. The molecule has 3 heteroatoms. The van der Waals surface area contributed by atoms with Gasteiger partial charge in [-0.2, -0.15) is 0 Å². The monoisotopic (exact) mass is 352 g/mol. The highest BCUT2D eigenvalue weighted by Gasteiger charge is 2.39. The van der Waals surface area contributed by atoms with Gasteiger partial charge in [0.25, 0.3) is 0 Å². The van der Waals surface area contributed by atoms with Gasteiger partial charge in [0.15, 0.2) is 0 Å². The Balaban J connectivity index is 2.42. The summed E-state index contributed by atoms with van der Waals surface area (Å²) in [7, 11) is 0. The van der Waals surface area contributed by atoms with E-state index < -0.39 is 18.3 Å². The van der Waals surface area contributed by atoms with Crippen molar-refractivity contribution in [2.75, 3.05) is 0 Å². The smallest absolute Gasteiger partial charge is 0.0721 e. The standard InChI is InChI=1S/C22H40O3/c1-3-5-7-8-9-10-12-14-19-20(22(25)17-21(19)24)16-15-18(23)13-11-6-4-2/h10,12,15-16,18-25H,3-9,11,13-14,17H2,1-2H3/t18?,19-,20-,21?,22?/m1/s1. The van der Waals surface area contributed by atoms with Crippen LogP contribution in [0.1, 0.15) is 84.5 Å². The number of aliphatic hydroxyl groups is 3. The molecule has 1 rings (SSSR count). The summed E-state index contributed by atoms with van der Waals surface area (Å²) in [6.07, 6.45) is 18.3. The molecular formula is C22H40O3. The first-order valence-corrected chi connectivity index (χ1v) is 10.5. The molecule has 0 saturated heterocycles. The summed E-state index contributed by atoms with van der Waals surface area (Å²) in [4.78, 5) is 0. The summed E-state index contributed by atoms with van der Waals surface area (Å²) in [5, 5.41) is 30.5. The molecule has 3 unspecified atom stereocenters. The first kappa shape index (κ1) is 22.4. The molecule has 1 aliphatic carbocycles. The molecule has 1 saturated carbocycles. The number of rotatable bonds is 13. The highest BCUT2D eigenvalue weighted by Crippen LogP contribution is 2.36. The predicted molar refractivity (Wildman–Crippen MR) is 105 cm³/mol. The van der Waals surface area contributed by atoms with Gasteiger partial charge in [0.05, 0.1) is 18.3 Å². The van der Waals surface area contributed by atoms with Gasteiger partial charge in [-0.15, -0.1) is 0 Å². The second kappa shape index (κ2) is 13.5. The van der Waals surface area contributed by atoms with Gasteiger partial charge in [-0.25, -0.2) is 0 Å². The summed E-state index contributed by atoms with van der Waals surface area (Å²) in [6.45, 7) is 4.37. The zero-order valence-electron chi connectivity index (χ0n) is 16.3. The molecule has 0 radical (unpaired) electrons. The molecule has 0 aromatic rings. The number of unbranched alkanes of at least 4 members (excludes halogenated alkanes) is 6. The van der Waals surface area contributed by atoms with Crippen molar-refractivity contribution < 1.29 is 15.3 Å². The Labute approximate surface area is 154 Å². The van der Waals surface area contributed by atoms with E-state index >= 15 is 0 Å². The van der Waals surface area contributed by atoms with E-state index in [4.69, 9.17) is 0 Å². The van der Waals surface area contributed by atoms with Gasteiger partial charge < -0.3 is 15.3 Å². The number of aliphatic hydroxyl groups excluding tert-OH is 3. The van der Waals surface area contributed by atoms with E-state index in [9.17, 15) is 15.3 Å². The summed E-state index contributed by atoms with van der Waals surface area (Å²) in [5.74, 6) is 0.00144. The van der Waals surface area contributed by atoms with Crippen LogP contribution in [0.25, 0.3) is 0 Å². The summed E-state index contributed by atoms with van der Waals surface area (Å²) >= 11 is 0. The van der Waals surface area contributed by atoms with E-state index in [0.29, 0.717) is 6.42 Å². The quantitative estimate of drug-likeness (QED) is 0.331. The van der Waals surface area contributed by atoms with E-state index in [1.807, 2.05) is 12.2 Å². The maximum atomic E-state index is 10.3. The van der Waals surface area contributed by atoms with Gasteiger partial charge in [0.1, 0.15) is 0 Å². The second-order valence-corrected chi connectivity index (χ2v) is 7.62. The molecule has 0 aromatic carbocycles. The topological polar surface area (TPSA) is 60.7 Å². The van der Waals surface area contributed by atoms with E-state index in [1.165, 1.54) is 25.7 Å². The lowest BCUT2D eigenvalue weighted by Crippen LogP contribution is -2.20. The zero-order chi connectivity index (χ0) is 18.5. The predicted octanol–water partition coefficient (Wildman–Crippen LogP) is 4.76. The van der Waals surface area contributed by atoms with Crippen LogP contribution in [-0.2, 0) is 0 Å². The zero-order valence-corrected chi connectivity index (χ0v) is 16.3. The molecule has 1 aliphatic rings. The van der Waals surface area contributed by atoms with Gasteiger partial charge in [-0.05, 0) is 31.6 Å². The summed E-state index contributed by atoms with van der Waals surface area (Å²) < 4.78 is 0. The maximum Gasteiger partial charge on any atom is 0.0721 e. The van der Waals surface area contributed by atoms with Gasteiger partial charge in [0, 0.05) is 12.3 Å². The lowest BCUT2D eigenvalue weighted by atomic mass is 9.89. The average Bonchev–Trinajstić information content (AvgIpc) is 2.85. The minimum absolute atomic E-state index is 0.0550. The van der Waals surface area contributed by atoms with Crippen molar-refractivity contribution in [3.8, 4) is 0 Å². The Morgan fingerprint density at radius 3 is 2.36 bits per heavy atom. The molecule has 3 nitrogen and oxygen atoms in total. The van der Waals surface area contributed by atoms with Crippen molar-refractivity contribution in [3.05, 3.63) is 24.3 Å². The fourth-order valence-corrected chi connectivity index (χ4v) is 3.72. The third-order valence-corrected chi connectivity index (χ3v) is 5.37. The van der Waals surface area contributed by atoms with E-state index in [1.54, 1.807) is 0 Å². The molecule has 146 valence electrons. The van der Waals surface area contributed by atoms with E-state index in [-0.39, 0.29) is 11.8 Å². The lowest BCUT2D eigenvalue weighted by Gasteiger charge is -2.19. The van der Waals surface area contributed by atoms with Crippen LogP contribution < -0.4 is 0 Å². The minimum Gasteiger partial charge on any atom is -0.393 e. The molecule has 0 aromatic heterocycles. The molecule has 0 aliphatic heterocycles. The highest BCUT2D eigenvalue weighted by molar-refractivity contribution is 5.06. The Morgan fingerprint density at radius 1 is 0.920 bits per heavy atom. The van der Waals surface area contributed by atoms with Crippen LogP contribution in [0.3, 0.4) is 0 Å². The van der Waals surface area contributed by atoms with Gasteiger partial charge in [-0.1, -0.05) is 76.7 Å². The normalized spacial score (nSPS) is 28.4. The second-order valence-electron chi connectivity index (χ2n) is 7.62. The summed E-state index contributed by atoms with van der Waals surface area (Å²) in [6, 6.07) is 0. The van der Waals surface area contributed by atoms with Crippen LogP contribution in [0.4, 0.5) is 0 Å². The number of hydrogen-bond acceptors (Lipinski definition) is 3. The van der Waals surface area contributed by atoms with Crippen molar-refractivity contribution in [1.29, 1.82) is 0 Å². The van der Waals surface area contributed by atoms with Crippen LogP contribution in [0.2, 0.25) is 0 Å². The lowest BCUT2D eigenvalue weighted by molar-refractivity contribution is 0.120. The van der Waals surface area contributed by atoms with Gasteiger partial charge >= 0.3 is 0 Å².